The van der Waals surface area contributed by atoms with Crippen molar-refractivity contribution in [3.05, 3.63) is 68.7 Å². The molecular weight excluding hydrogens is 356 g/mol. The molecule has 0 aliphatic heterocycles. The number of carbonyl (C=O) groups is 2. The van der Waals surface area contributed by atoms with Gasteiger partial charge in [0.05, 0.1) is 12.2 Å². The highest BCUT2D eigenvalue weighted by Crippen LogP contribution is 2.27. The molecule has 0 fully saturated rings. The number of furan rings is 1. The number of nitrogens with one attached hydrogen (secondary N) is 1. The van der Waals surface area contributed by atoms with Crippen molar-refractivity contribution in [2.24, 2.45) is 0 Å². The summed E-state index contributed by atoms with van der Waals surface area (Å²) in [6, 6.07) is 8.05. The topological polar surface area (TPSA) is 121 Å². The summed E-state index contributed by atoms with van der Waals surface area (Å²) in [7, 11) is 0. The molecule has 1 aromatic carbocycles. The van der Waals surface area contributed by atoms with Crippen LogP contribution >= 0.6 is 0 Å². The molecular formula is C18H16N2O7. The molecule has 27 heavy (non-hydrogen) atoms. The molecule has 0 amide bonds. The molecule has 0 aliphatic rings. The molecule has 2 aromatic heterocycles. The van der Waals surface area contributed by atoms with Gasteiger partial charge in [-0.3, -0.25) is 19.1 Å². The SMILES string of the molecule is CCOC(=O)c1oc2ccccc2c1COC(=O)Cn1ccc(=O)[nH]c1=O. The summed E-state index contributed by atoms with van der Waals surface area (Å²) in [5.74, 6) is -1.41. The standard InChI is InChI=1S/C18H16N2O7/c1-2-25-17(23)16-12(11-5-3-4-6-13(11)27-16)10-26-15(22)9-20-8-7-14(21)19-18(20)24/h3-8H,2,9-10H2,1H3,(H,19,21,24). The summed E-state index contributed by atoms with van der Waals surface area (Å²) in [4.78, 5) is 48.9. The summed E-state index contributed by atoms with van der Waals surface area (Å²) in [6.45, 7) is 1.22. The maximum absolute atomic E-state index is 12.1. The lowest BCUT2D eigenvalue weighted by molar-refractivity contribution is -0.145. The van der Waals surface area contributed by atoms with Crippen molar-refractivity contribution in [1.82, 2.24) is 9.55 Å². The Labute approximate surface area is 152 Å². The molecule has 0 spiro atoms. The first kappa shape index (κ1) is 18.2. The first-order valence-corrected chi connectivity index (χ1v) is 8.12. The zero-order valence-electron chi connectivity index (χ0n) is 14.4. The fraction of sp³-hybridized carbons (Fsp3) is 0.222. The molecule has 0 bridgehead atoms. The van der Waals surface area contributed by atoms with E-state index in [0.29, 0.717) is 16.5 Å². The second kappa shape index (κ2) is 7.73. The number of hydrogen-bond donors (Lipinski definition) is 1. The number of carbonyl (C=O) groups excluding carboxylic acids is 2. The number of fused-ring (bicyclic) bond motifs is 1. The van der Waals surface area contributed by atoms with E-state index >= 15 is 0 Å². The molecule has 9 nitrogen and oxygen atoms in total. The van der Waals surface area contributed by atoms with Crippen LogP contribution in [0.2, 0.25) is 0 Å². The number of rotatable bonds is 6. The minimum Gasteiger partial charge on any atom is -0.460 e. The van der Waals surface area contributed by atoms with Crippen LogP contribution in [0.1, 0.15) is 23.0 Å². The number of benzene rings is 1. The van der Waals surface area contributed by atoms with E-state index in [1.54, 1.807) is 31.2 Å². The normalized spacial score (nSPS) is 10.7. The van der Waals surface area contributed by atoms with E-state index < -0.39 is 23.2 Å². The molecule has 0 aliphatic carbocycles. The van der Waals surface area contributed by atoms with Gasteiger partial charge in [-0.25, -0.2) is 9.59 Å². The van der Waals surface area contributed by atoms with Gasteiger partial charge in [0.15, 0.2) is 0 Å². The van der Waals surface area contributed by atoms with Gasteiger partial charge in [0, 0.05) is 17.6 Å². The molecule has 2 heterocycles. The van der Waals surface area contributed by atoms with Crippen LogP contribution in [0.15, 0.2) is 50.5 Å². The third-order valence-electron chi connectivity index (χ3n) is 3.73. The van der Waals surface area contributed by atoms with Crippen molar-refractivity contribution < 1.29 is 23.5 Å². The number of ether oxygens (including phenoxy) is 2. The number of esters is 2. The van der Waals surface area contributed by atoms with E-state index in [4.69, 9.17) is 13.9 Å². The Hall–Kier alpha value is -3.62. The van der Waals surface area contributed by atoms with Crippen LogP contribution in [0.3, 0.4) is 0 Å². The minimum absolute atomic E-state index is 0.0351. The predicted molar refractivity (Wildman–Crippen MR) is 93.3 cm³/mol. The number of aromatic amines is 1. The molecule has 0 radical (unpaired) electrons. The van der Waals surface area contributed by atoms with Gasteiger partial charge in [-0.2, -0.15) is 0 Å². The Balaban J connectivity index is 1.80. The number of aromatic nitrogens is 2. The van der Waals surface area contributed by atoms with Crippen molar-refractivity contribution in [1.29, 1.82) is 0 Å². The first-order valence-electron chi connectivity index (χ1n) is 8.12. The maximum Gasteiger partial charge on any atom is 0.374 e. The molecule has 0 saturated heterocycles. The van der Waals surface area contributed by atoms with Gasteiger partial charge < -0.3 is 13.9 Å². The number of nitrogens with zero attached hydrogens (tertiary/aromatic N) is 1. The lowest BCUT2D eigenvalue weighted by atomic mass is 10.1. The predicted octanol–water partition coefficient (Wildman–Crippen LogP) is 1.20. The highest BCUT2D eigenvalue weighted by atomic mass is 16.5. The Bertz CT molecular complexity index is 1110. The van der Waals surface area contributed by atoms with Crippen LogP contribution < -0.4 is 11.2 Å². The summed E-state index contributed by atoms with van der Waals surface area (Å²) in [6.07, 6.45) is 1.19. The lowest BCUT2D eigenvalue weighted by Gasteiger charge is -2.07. The fourth-order valence-electron chi connectivity index (χ4n) is 2.51. The maximum atomic E-state index is 12.1. The van der Waals surface area contributed by atoms with Crippen molar-refractivity contribution in [3.63, 3.8) is 0 Å². The number of para-hydroxylation sites is 1. The average Bonchev–Trinajstić information content (AvgIpc) is 3.01. The van der Waals surface area contributed by atoms with Crippen LogP contribution in [0, 0.1) is 0 Å². The number of H-pyrrole nitrogens is 1. The van der Waals surface area contributed by atoms with E-state index in [-0.39, 0.29) is 25.5 Å². The smallest absolute Gasteiger partial charge is 0.374 e. The van der Waals surface area contributed by atoms with Gasteiger partial charge in [-0.05, 0) is 13.0 Å². The van der Waals surface area contributed by atoms with Crippen molar-refractivity contribution in [2.45, 2.75) is 20.1 Å². The summed E-state index contributed by atoms with van der Waals surface area (Å²) >= 11 is 0. The summed E-state index contributed by atoms with van der Waals surface area (Å²) < 4.78 is 16.7. The quantitative estimate of drug-likeness (QED) is 0.646. The molecule has 3 rings (SSSR count). The van der Waals surface area contributed by atoms with Gasteiger partial charge in [0.1, 0.15) is 18.7 Å². The monoisotopic (exact) mass is 372 g/mol. The molecule has 9 heteroatoms. The van der Waals surface area contributed by atoms with Gasteiger partial charge in [-0.1, -0.05) is 18.2 Å². The molecule has 1 N–H and O–H groups in total. The van der Waals surface area contributed by atoms with Crippen LogP contribution in [-0.2, 0) is 27.4 Å². The van der Waals surface area contributed by atoms with Gasteiger partial charge in [0.2, 0.25) is 5.76 Å². The van der Waals surface area contributed by atoms with Crippen molar-refractivity contribution >= 4 is 22.9 Å². The zero-order chi connectivity index (χ0) is 19.4. The number of hydrogen-bond acceptors (Lipinski definition) is 7. The van der Waals surface area contributed by atoms with E-state index in [1.807, 2.05) is 4.98 Å². The molecule has 0 saturated carbocycles. The summed E-state index contributed by atoms with van der Waals surface area (Å²) in [5, 5.41) is 0.620. The van der Waals surface area contributed by atoms with E-state index in [9.17, 15) is 19.2 Å². The minimum atomic E-state index is -0.722. The Morgan fingerprint density at radius 1 is 1.15 bits per heavy atom. The molecule has 0 unspecified atom stereocenters. The Morgan fingerprint density at radius 2 is 1.93 bits per heavy atom. The van der Waals surface area contributed by atoms with Crippen LogP contribution in [0.4, 0.5) is 0 Å². The van der Waals surface area contributed by atoms with Crippen LogP contribution in [-0.4, -0.2) is 28.1 Å². The summed E-state index contributed by atoms with van der Waals surface area (Å²) in [5.41, 5.74) is -0.441. The van der Waals surface area contributed by atoms with Gasteiger partial charge in [0.25, 0.3) is 5.56 Å². The fourth-order valence-corrected chi connectivity index (χ4v) is 2.51. The van der Waals surface area contributed by atoms with Gasteiger partial charge >= 0.3 is 17.6 Å². The zero-order valence-corrected chi connectivity index (χ0v) is 14.4. The average molecular weight is 372 g/mol. The second-order valence-electron chi connectivity index (χ2n) is 5.53. The molecule has 140 valence electrons. The van der Waals surface area contributed by atoms with Crippen molar-refractivity contribution in [3.8, 4) is 0 Å². The lowest BCUT2D eigenvalue weighted by Crippen LogP contribution is -2.31. The third kappa shape index (κ3) is 3.97. The Morgan fingerprint density at radius 3 is 2.67 bits per heavy atom. The van der Waals surface area contributed by atoms with E-state index in [2.05, 4.69) is 0 Å². The van der Waals surface area contributed by atoms with Crippen LogP contribution in [0.25, 0.3) is 11.0 Å². The molecule has 0 atom stereocenters. The third-order valence-corrected chi connectivity index (χ3v) is 3.73. The van der Waals surface area contributed by atoms with Crippen molar-refractivity contribution in [2.75, 3.05) is 6.61 Å². The highest BCUT2D eigenvalue weighted by Gasteiger charge is 2.22. The first-order chi connectivity index (χ1) is 13.0. The van der Waals surface area contributed by atoms with E-state index in [0.717, 1.165) is 10.6 Å². The molecule has 3 aromatic rings. The van der Waals surface area contributed by atoms with Gasteiger partial charge in [-0.15, -0.1) is 0 Å². The second-order valence-corrected chi connectivity index (χ2v) is 5.53. The Kier molecular flexibility index (Phi) is 5.20. The van der Waals surface area contributed by atoms with Crippen LogP contribution in [0.5, 0.6) is 0 Å². The van der Waals surface area contributed by atoms with E-state index in [1.165, 1.54) is 6.20 Å². The highest BCUT2D eigenvalue weighted by molar-refractivity contribution is 5.96. The largest absolute Gasteiger partial charge is 0.460 e.